The topological polar surface area (TPSA) is 79.8 Å². The summed E-state index contributed by atoms with van der Waals surface area (Å²) in [6, 6.07) is 21.6. The molecule has 204 valence electrons. The van der Waals surface area contributed by atoms with Crippen molar-refractivity contribution in [2.75, 3.05) is 6.54 Å². The second kappa shape index (κ2) is 13.9. The molecule has 0 saturated heterocycles. The van der Waals surface area contributed by atoms with Crippen molar-refractivity contribution in [1.82, 2.24) is 10.6 Å². The number of amides is 1. The second-order valence-corrected chi connectivity index (χ2v) is 10.4. The SMILES string of the molecule is CCc1cccc(CNC[C@@H](O)[C@H](Cc2cc(F)cc(OCc3ccccc3)c2)NC(=O)OC(C)(C)C)c1. The Labute approximate surface area is 225 Å². The Balaban J connectivity index is 1.69. The van der Waals surface area contributed by atoms with Gasteiger partial charge in [0.15, 0.2) is 0 Å². The van der Waals surface area contributed by atoms with E-state index in [1.165, 1.54) is 17.7 Å². The number of alkyl carbamates (subject to hydrolysis) is 1. The molecule has 3 rings (SSSR count). The molecule has 0 bridgehead atoms. The van der Waals surface area contributed by atoms with Gasteiger partial charge in [-0.2, -0.15) is 0 Å². The van der Waals surface area contributed by atoms with Gasteiger partial charge in [-0.3, -0.25) is 0 Å². The van der Waals surface area contributed by atoms with Gasteiger partial charge in [-0.05, 0) is 68.0 Å². The fourth-order valence-corrected chi connectivity index (χ4v) is 4.03. The lowest BCUT2D eigenvalue weighted by molar-refractivity contribution is 0.0422. The maximum atomic E-state index is 14.5. The summed E-state index contributed by atoms with van der Waals surface area (Å²) in [6.07, 6.45) is -0.460. The molecule has 2 atom stereocenters. The van der Waals surface area contributed by atoms with Gasteiger partial charge in [-0.25, -0.2) is 9.18 Å². The molecule has 3 aromatic carbocycles. The fraction of sp³-hybridized carbons (Fsp3) is 0.387. The molecule has 0 saturated carbocycles. The Bertz CT molecular complexity index is 1160. The summed E-state index contributed by atoms with van der Waals surface area (Å²) in [7, 11) is 0. The first-order chi connectivity index (χ1) is 18.1. The Morgan fingerprint density at radius 3 is 2.37 bits per heavy atom. The minimum atomic E-state index is -0.950. The standard InChI is InChI=1S/C31H39FN2O4/c1-5-22-12-9-13-24(14-22)19-33-20-29(35)28(34-30(36)38-31(2,3)4)17-25-15-26(32)18-27(16-25)37-21-23-10-7-6-8-11-23/h6-16,18,28-29,33,35H,5,17,19-21H2,1-4H3,(H,34,36)/t28-,29+/m0/s1. The van der Waals surface area contributed by atoms with Crippen LogP contribution >= 0.6 is 0 Å². The maximum Gasteiger partial charge on any atom is 0.407 e. The minimum absolute atomic E-state index is 0.187. The molecule has 0 aliphatic heterocycles. The van der Waals surface area contributed by atoms with Gasteiger partial charge in [0.2, 0.25) is 0 Å². The molecule has 0 fully saturated rings. The second-order valence-electron chi connectivity index (χ2n) is 10.4. The van der Waals surface area contributed by atoms with Crippen molar-refractivity contribution in [1.29, 1.82) is 0 Å². The molecular formula is C31H39FN2O4. The van der Waals surface area contributed by atoms with Crippen molar-refractivity contribution in [2.45, 2.75) is 71.4 Å². The summed E-state index contributed by atoms with van der Waals surface area (Å²) in [5.74, 6) is -0.0757. The Hall–Kier alpha value is -3.42. The van der Waals surface area contributed by atoms with Gasteiger partial charge >= 0.3 is 6.09 Å². The molecule has 0 spiro atoms. The van der Waals surface area contributed by atoms with Crippen molar-refractivity contribution in [3.05, 3.63) is 101 Å². The summed E-state index contributed by atoms with van der Waals surface area (Å²) in [6.45, 7) is 8.51. The number of hydrogen-bond acceptors (Lipinski definition) is 5. The van der Waals surface area contributed by atoms with Crippen molar-refractivity contribution < 1.29 is 23.8 Å². The number of rotatable bonds is 12. The third-order valence-electron chi connectivity index (χ3n) is 5.88. The van der Waals surface area contributed by atoms with Gasteiger partial charge < -0.3 is 25.2 Å². The van der Waals surface area contributed by atoms with Crippen LogP contribution in [0.2, 0.25) is 0 Å². The van der Waals surface area contributed by atoms with E-state index in [4.69, 9.17) is 9.47 Å². The molecule has 0 aliphatic carbocycles. The molecule has 1 amide bonds. The van der Waals surface area contributed by atoms with Crippen LogP contribution < -0.4 is 15.4 Å². The number of halogens is 1. The zero-order chi connectivity index (χ0) is 27.5. The molecule has 0 aliphatic rings. The Kier molecular flexibility index (Phi) is 10.7. The van der Waals surface area contributed by atoms with Crippen LogP contribution in [0.4, 0.5) is 9.18 Å². The number of ether oxygens (including phenoxy) is 2. The first-order valence-electron chi connectivity index (χ1n) is 13.0. The van der Waals surface area contributed by atoms with Crippen molar-refractivity contribution in [2.24, 2.45) is 0 Å². The lowest BCUT2D eigenvalue weighted by atomic mass is 10.0. The molecule has 3 aromatic rings. The predicted molar refractivity (Wildman–Crippen MR) is 148 cm³/mol. The van der Waals surface area contributed by atoms with Crippen LogP contribution in [0, 0.1) is 5.82 Å². The molecule has 0 unspecified atom stereocenters. The normalized spacial score (nSPS) is 13.0. The number of carbonyl (C=O) groups excluding carboxylic acids is 1. The number of carbonyl (C=O) groups is 1. The molecule has 3 N–H and O–H groups in total. The molecule has 0 aromatic heterocycles. The van der Waals surface area contributed by atoms with Gasteiger partial charge in [0.05, 0.1) is 12.1 Å². The van der Waals surface area contributed by atoms with Crippen molar-refractivity contribution in [3.8, 4) is 5.75 Å². The molecular weight excluding hydrogens is 483 g/mol. The van der Waals surface area contributed by atoms with Crippen LogP contribution in [0.1, 0.15) is 49.9 Å². The highest BCUT2D eigenvalue weighted by Crippen LogP contribution is 2.20. The van der Waals surface area contributed by atoms with Gasteiger partial charge in [-0.1, -0.05) is 61.5 Å². The average Bonchev–Trinajstić information content (AvgIpc) is 2.86. The van der Waals surface area contributed by atoms with E-state index in [-0.39, 0.29) is 13.0 Å². The summed E-state index contributed by atoms with van der Waals surface area (Å²) in [5, 5.41) is 17.1. The summed E-state index contributed by atoms with van der Waals surface area (Å²) >= 11 is 0. The zero-order valence-corrected chi connectivity index (χ0v) is 22.7. The Morgan fingerprint density at radius 1 is 0.947 bits per heavy atom. The largest absolute Gasteiger partial charge is 0.489 e. The average molecular weight is 523 g/mol. The van der Waals surface area contributed by atoms with E-state index in [2.05, 4.69) is 29.7 Å². The highest BCUT2D eigenvalue weighted by Gasteiger charge is 2.25. The van der Waals surface area contributed by atoms with E-state index in [1.807, 2.05) is 42.5 Å². The summed E-state index contributed by atoms with van der Waals surface area (Å²) < 4.78 is 25.7. The van der Waals surface area contributed by atoms with Crippen LogP contribution in [-0.4, -0.2) is 35.5 Å². The van der Waals surface area contributed by atoms with E-state index in [0.717, 1.165) is 17.5 Å². The number of aliphatic hydroxyl groups excluding tert-OH is 1. The van der Waals surface area contributed by atoms with Crippen LogP contribution in [0.15, 0.2) is 72.8 Å². The maximum absolute atomic E-state index is 14.5. The third-order valence-corrected chi connectivity index (χ3v) is 5.88. The number of aryl methyl sites for hydroxylation is 1. The van der Waals surface area contributed by atoms with Gasteiger partial charge in [0, 0.05) is 19.2 Å². The third kappa shape index (κ3) is 10.1. The summed E-state index contributed by atoms with van der Waals surface area (Å²) in [4.78, 5) is 12.6. The highest BCUT2D eigenvalue weighted by atomic mass is 19.1. The van der Waals surface area contributed by atoms with Gasteiger partial charge in [0.1, 0.15) is 23.8 Å². The number of hydrogen-bond donors (Lipinski definition) is 3. The van der Waals surface area contributed by atoms with Crippen LogP contribution in [0.25, 0.3) is 0 Å². The quantitative estimate of drug-likeness (QED) is 0.291. The van der Waals surface area contributed by atoms with E-state index in [9.17, 15) is 14.3 Å². The van der Waals surface area contributed by atoms with Crippen molar-refractivity contribution in [3.63, 3.8) is 0 Å². The van der Waals surface area contributed by atoms with Gasteiger partial charge in [0.25, 0.3) is 0 Å². The van der Waals surface area contributed by atoms with Crippen molar-refractivity contribution >= 4 is 6.09 Å². The zero-order valence-electron chi connectivity index (χ0n) is 22.7. The monoisotopic (exact) mass is 522 g/mol. The molecule has 38 heavy (non-hydrogen) atoms. The van der Waals surface area contributed by atoms with Gasteiger partial charge in [-0.15, -0.1) is 0 Å². The van der Waals surface area contributed by atoms with E-state index in [1.54, 1.807) is 26.8 Å². The smallest absolute Gasteiger partial charge is 0.407 e. The molecule has 0 radical (unpaired) electrons. The first-order valence-corrected chi connectivity index (χ1v) is 13.0. The van der Waals surface area contributed by atoms with Crippen LogP contribution in [0.3, 0.4) is 0 Å². The van der Waals surface area contributed by atoms with E-state index in [0.29, 0.717) is 24.5 Å². The van der Waals surface area contributed by atoms with Crippen LogP contribution in [0.5, 0.6) is 5.75 Å². The fourth-order valence-electron chi connectivity index (χ4n) is 4.03. The van der Waals surface area contributed by atoms with Crippen LogP contribution in [-0.2, 0) is 30.7 Å². The predicted octanol–water partition coefficient (Wildman–Crippen LogP) is 5.55. The lowest BCUT2D eigenvalue weighted by Crippen LogP contribution is -2.49. The minimum Gasteiger partial charge on any atom is -0.489 e. The Morgan fingerprint density at radius 2 is 1.66 bits per heavy atom. The van der Waals surface area contributed by atoms with E-state index < -0.39 is 29.7 Å². The summed E-state index contributed by atoms with van der Waals surface area (Å²) in [5.41, 5.74) is 3.21. The molecule has 7 heteroatoms. The lowest BCUT2D eigenvalue weighted by Gasteiger charge is -2.27. The number of aliphatic hydroxyl groups is 1. The molecule has 0 heterocycles. The first kappa shape index (κ1) is 29.1. The number of benzene rings is 3. The molecule has 6 nitrogen and oxygen atoms in total. The highest BCUT2D eigenvalue weighted by molar-refractivity contribution is 5.68. The van der Waals surface area contributed by atoms with E-state index >= 15 is 0 Å². The number of nitrogens with one attached hydrogen (secondary N) is 2.